The Morgan fingerprint density at radius 1 is 1.29 bits per heavy atom. The van der Waals surface area contributed by atoms with E-state index in [1.165, 1.54) is 24.4 Å². The minimum atomic E-state index is -1.03. The van der Waals surface area contributed by atoms with Gasteiger partial charge in [-0.2, -0.15) is 0 Å². The zero-order chi connectivity index (χ0) is 12.4. The van der Waals surface area contributed by atoms with Crippen LogP contribution in [0, 0.1) is 12.7 Å². The van der Waals surface area contributed by atoms with Crippen LogP contribution in [0.2, 0.25) is 0 Å². The van der Waals surface area contributed by atoms with Gasteiger partial charge in [0.1, 0.15) is 5.82 Å². The van der Waals surface area contributed by atoms with E-state index in [-0.39, 0.29) is 11.4 Å². The van der Waals surface area contributed by atoms with E-state index in [0.717, 1.165) is 11.1 Å². The summed E-state index contributed by atoms with van der Waals surface area (Å²) in [5.41, 5.74) is 2.31. The van der Waals surface area contributed by atoms with Gasteiger partial charge in [0, 0.05) is 18.0 Å². The van der Waals surface area contributed by atoms with E-state index in [9.17, 15) is 9.18 Å². The lowest BCUT2D eigenvalue weighted by molar-refractivity contribution is 0.0696. The fraction of sp³-hybridized carbons (Fsp3) is 0.0769. The van der Waals surface area contributed by atoms with Crippen molar-refractivity contribution in [3.63, 3.8) is 0 Å². The first-order valence-electron chi connectivity index (χ1n) is 5.03. The molecule has 3 nitrogen and oxygen atoms in total. The molecule has 0 radical (unpaired) electrons. The van der Waals surface area contributed by atoms with Crippen molar-refractivity contribution in [2.75, 3.05) is 0 Å². The summed E-state index contributed by atoms with van der Waals surface area (Å²) in [5.74, 6) is -1.34. The van der Waals surface area contributed by atoms with Crippen LogP contribution >= 0.6 is 0 Å². The second kappa shape index (κ2) is 4.33. The second-order valence-electron chi connectivity index (χ2n) is 3.73. The van der Waals surface area contributed by atoms with Crippen LogP contribution in [0.1, 0.15) is 15.9 Å². The lowest BCUT2D eigenvalue weighted by Gasteiger charge is -2.06. The maximum Gasteiger partial charge on any atom is 0.337 e. The molecule has 1 aromatic heterocycles. The molecular formula is C13H10FNO2. The van der Waals surface area contributed by atoms with Gasteiger partial charge in [-0.15, -0.1) is 0 Å². The third-order valence-electron chi connectivity index (χ3n) is 2.48. The highest BCUT2D eigenvalue weighted by Crippen LogP contribution is 2.23. The number of carbonyl (C=O) groups is 1. The number of nitrogens with zero attached hydrogens (tertiary/aromatic N) is 1. The molecule has 17 heavy (non-hydrogen) atoms. The molecule has 0 unspecified atom stereocenters. The van der Waals surface area contributed by atoms with Gasteiger partial charge in [-0.3, -0.25) is 4.98 Å². The smallest absolute Gasteiger partial charge is 0.337 e. The Hall–Kier alpha value is -2.23. The van der Waals surface area contributed by atoms with Gasteiger partial charge in [0.15, 0.2) is 0 Å². The van der Waals surface area contributed by atoms with Gasteiger partial charge in [0.05, 0.1) is 5.56 Å². The molecule has 0 atom stereocenters. The summed E-state index contributed by atoms with van der Waals surface area (Å²) in [7, 11) is 0. The van der Waals surface area contributed by atoms with Crippen LogP contribution in [-0.4, -0.2) is 16.1 Å². The van der Waals surface area contributed by atoms with Crippen LogP contribution in [0.4, 0.5) is 4.39 Å². The molecule has 86 valence electrons. The van der Waals surface area contributed by atoms with Crippen molar-refractivity contribution in [2.45, 2.75) is 6.92 Å². The highest BCUT2D eigenvalue weighted by molar-refractivity contribution is 5.89. The Balaban J connectivity index is 2.53. The summed E-state index contributed by atoms with van der Waals surface area (Å²) in [5, 5.41) is 8.87. The maximum atomic E-state index is 13.0. The predicted molar refractivity (Wildman–Crippen MR) is 61.3 cm³/mol. The summed E-state index contributed by atoms with van der Waals surface area (Å²) in [4.78, 5) is 14.7. The lowest BCUT2D eigenvalue weighted by Crippen LogP contribution is -1.97. The number of pyridine rings is 1. The molecule has 1 heterocycles. The molecule has 4 heteroatoms. The van der Waals surface area contributed by atoms with Crippen molar-refractivity contribution in [1.82, 2.24) is 4.98 Å². The Morgan fingerprint density at radius 2 is 2.06 bits per heavy atom. The van der Waals surface area contributed by atoms with Crippen LogP contribution in [0.15, 0.2) is 36.7 Å². The van der Waals surface area contributed by atoms with E-state index in [0.29, 0.717) is 5.56 Å². The van der Waals surface area contributed by atoms with Crippen LogP contribution in [0.5, 0.6) is 0 Å². The van der Waals surface area contributed by atoms with Gasteiger partial charge in [0.2, 0.25) is 0 Å². The first-order valence-corrected chi connectivity index (χ1v) is 5.03. The van der Waals surface area contributed by atoms with Crippen molar-refractivity contribution < 1.29 is 14.3 Å². The maximum absolute atomic E-state index is 13.0. The van der Waals surface area contributed by atoms with Crippen molar-refractivity contribution in [3.8, 4) is 11.1 Å². The monoisotopic (exact) mass is 231 g/mol. The normalized spacial score (nSPS) is 10.2. The van der Waals surface area contributed by atoms with E-state index in [1.54, 1.807) is 19.2 Å². The molecule has 0 bridgehead atoms. The number of aryl methyl sites for hydroxylation is 1. The fourth-order valence-corrected chi connectivity index (χ4v) is 1.66. The SMILES string of the molecule is Cc1cc(F)ccc1-c1cncc(C(=O)O)c1. The van der Waals surface area contributed by atoms with Crippen molar-refractivity contribution in [2.24, 2.45) is 0 Å². The standard InChI is InChI=1S/C13H10FNO2/c1-8-4-11(14)2-3-12(8)9-5-10(13(16)17)7-15-6-9/h2-7H,1H3,(H,16,17). The molecule has 0 aliphatic rings. The largest absolute Gasteiger partial charge is 0.478 e. The quantitative estimate of drug-likeness (QED) is 0.864. The van der Waals surface area contributed by atoms with E-state index in [4.69, 9.17) is 5.11 Å². The molecule has 2 rings (SSSR count). The Labute approximate surface area is 97.6 Å². The number of aromatic nitrogens is 1. The van der Waals surface area contributed by atoms with Crippen LogP contribution in [0.25, 0.3) is 11.1 Å². The number of carboxylic acids is 1. The van der Waals surface area contributed by atoms with E-state index in [2.05, 4.69) is 4.98 Å². The molecule has 0 fully saturated rings. The number of hydrogen-bond acceptors (Lipinski definition) is 2. The van der Waals surface area contributed by atoms with Crippen molar-refractivity contribution in [1.29, 1.82) is 0 Å². The molecule has 0 saturated carbocycles. The van der Waals surface area contributed by atoms with Crippen molar-refractivity contribution in [3.05, 3.63) is 53.6 Å². The molecular weight excluding hydrogens is 221 g/mol. The summed E-state index contributed by atoms with van der Waals surface area (Å²) in [6.45, 7) is 1.77. The number of aromatic carboxylic acids is 1. The Bertz CT molecular complexity index is 581. The van der Waals surface area contributed by atoms with Gasteiger partial charge in [-0.05, 0) is 36.2 Å². The zero-order valence-electron chi connectivity index (χ0n) is 9.14. The topological polar surface area (TPSA) is 50.2 Å². The highest BCUT2D eigenvalue weighted by atomic mass is 19.1. The minimum Gasteiger partial charge on any atom is -0.478 e. The minimum absolute atomic E-state index is 0.117. The van der Waals surface area contributed by atoms with Crippen LogP contribution in [-0.2, 0) is 0 Å². The average molecular weight is 231 g/mol. The second-order valence-corrected chi connectivity index (χ2v) is 3.73. The molecule has 2 aromatic rings. The van der Waals surface area contributed by atoms with Crippen molar-refractivity contribution >= 4 is 5.97 Å². The molecule has 1 N–H and O–H groups in total. The average Bonchev–Trinajstić information content (AvgIpc) is 2.29. The third kappa shape index (κ3) is 2.30. The fourth-order valence-electron chi connectivity index (χ4n) is 1.66. The summed E-state index contributed by atoms with van der Waals surface area (Å²) < 4.78 is 13.0. The number of hydrogen-bond donors (Lipinski definition) is 1. The Kier molecular flexibility index (Phi) is 2.87. The number of carboxylic acid groups (broad SMARTS) is 1. The molecule has 0 amide bonds. The number of benzene rings is 1. The molecule has 0 aliphatic heterocycles. The van der Waals surface area contributed by atoms with E-state index in [1.807, 2.05) is 0 Å². The summed E-state index contributed by atoms with van der Waals surface area (Å²) >= 11 is 0. The van der Waals surface area contributed by atoms with Gasteiger partial charge in [-0.1, -0.05) is 6.07 Å². The van der Waals surface area contributed by atoms with Gasteiger partial charge in [0.25, 0.3) is 0 Å². The molecule has 1 aromatic carbocycles. The summed E-state index contributed by atoms with van der Waals surface area (Å²) in [6.07, 6.45) is 2.84. The summed E-state index contributed by atoms with van der Waals surface area (Å²) in [6, 6.07) is 5.89. The van der Waals surface area contributed by atoms with Crippen LogP contribution in [0.3, 0.4) is 0 Å². The molecule has 0 aliphatic carbocycles. The highest BCUT2D eigenvalue weighted by Gasteiger charge is 2.07. The first-order chi connectivity index (χ1) is 8.08. The number of halogens is 1. The lowest BCUT2D eigenvalue weighted by atomic mass is 10.0. The Morgan fingerprint density at radius 3 is 2.71 bits per heavy atom. The van der Waals surface area contributed by atoms with E-state index >= 15 is 0 Å². The van der Waals surface area contributed by atoms with Crippen LogP contribution < -0.4 is 0 Å². The first kappa shape index (κ1) is 11.3. The van der Waals surface area contributed by atoms with Gasteiger partial charge >= 0.3 is 5.97 Å². The van der Waals surface area contributed by atoms with Gasteiger partial charge in [-0.25, -0.2) is 9.18 Å². The molecule has 0 spiro atoms. The van der Waals surface area contributed by atoms with E-state index < -0.39 is 5.97 Å². The number of rotatable bonds is 2. The third-order valence-corrected chi connectivity index (χ3v) is 2.48. The predicted octanol–water partition coefficient (Wildman–Crippen LogP) is 2.89. The zero-order valence-corrected chi connectivity index (χ0v) is 9.14. The van der Waals surface area contributed by atoms with Gasteiger partial charge < -0.3 is 5.11 Å². The molecule has 0 saturated heterocycles.